The van der Waals surface area contributed by atoms with E-state index in [2.05, 4.69) is 19.8 Å². The van der Waals surface area contributed by atoms with Gasteiger partial charge in [-0.15, -0.1) is 0 Å². The van der Waals surface area contributed by atoms with E-state index in [0.29, 0.717) is 0 Å². The van der Waals surface area contributed by atoms with Gasteiger partial charge in [0.25, 0.3) is 0 Å². The van der Waals surface area contributed by atoms with Gasteiger partial charge >= 0.3 is 0 Å². The minimum atomic E-state index is -0.465. The predicted molar refractivity (Wildman–Crippen MR) is 83.5 cm³/mol. The summed E-state index contributed by atoms with van der Waals surface area (Å²) in [4.78, 5) is 13.4. The number of aromatic nitrogens is 2. The number of rotatable bonds is 3. The first-order valence-corrected chi connectivity index (χ1v) is 7.29. The first kappa shape index (κ1) is 13.8. The van der Waals surface area contributed by atoms with Crippen LogP contribution in [0.5, 0.6) is 0 Å². The Morgan fingerprint density at radius 3 is 2.10 bits per heavy atom. The van der Waals surface area contributed by atoms with Gasteiger partial charge in [0.15, 0.2) is 0 Å². The SMILES string of the molecule is CC(O)c1ccc(N2CCN(c3ccccn3)CC2)nc1. The van der Waals surface area contributed by atoms with Crippen molar-refractivity contribution in [3.8, 4) is 0 Å². The van der Waals surface area contributed by atoms with Crippen molar-refractivity contribution in [3.05, 3.63) is 48.3 Å². The van der Waals surface area contributed by atoms with Crippen LogP contribution < -0.4 is 9.80 Å². The standard InChI is InChI=1S/C16H20N4O/c1-13(21)14-5-6-16(18-12-14)20-10-8-19(9-11-20)15-4-2-3-7-17-15/h2-7,12-13,21H,8-11H2,1H3. The van der Waals surface area contributed by atoms with Crippen LogP contribution in [0, 0.1) is 0 Å². The van der Waals surface area contributed by atoms with Crippen molar-refractivity contribution in [3.63, 3.8) is 0 Å². The molecule has 2 aromatic heterocycles. The van der Waals surface area contributed by atoms with Gasteiger partial charge < -0.3 is 14.9 Å². The van der Waals surface area contributed by atoms with Crippen LogP contribution in [-0.2, 0) is 0 Å². The maximum Gasteiger partial charge on any atom is 0.128 e. The summed E-state index contributed by atoms with van der Waals surface area (Å²) in [5.74, 6) is 2.01. The number of nitrogens with zero attached hydrogens (tertiary/aromatic N) is 4. The largest absolute Gasteiger partial charge is 0.389 e. The van der Waals surface area contributed by atoms with Crippen LogP contribution in [-0.4, -0.2) is 41.3 Å². The molecular weight excluding hydrogens is 264 g/mol. The summed E-state index contributed by atoms with van der Waals surface area (Å²) in [6, 6.07) is 9.93. The lowest BCUT2D eigenvalue weighted by Gasteiger charge is -2.36. The first-order chi connectivity index (χ1) is 10.2. The van der Waals surface area contributed by atoms with E-state index in [1.54, 1.807) is 13.1 Å². The van der Waals surface area contributed by atoms with Gasteiger partial charge in [0.05, 0.1) is 6.10 Å². The van der Waals surface area contributed by atoms with E-state index in [1.165, 1.54) is 0 Å². The molecule has 3 rings (SSSR count). The van der Waals surface area contributed by atoms with Gasteiger partial charge in [-0.1, -0.05) is 12.1 Å². The fourth-order valence-electron chi connectivity index (χ4n) is 2.54. The minimum absolute atomic E-state index is 0.465. The zero-order valence-corrected chi connectivity index (χ0v) is 12.2. The Hall–Kier alpha value is -2.14. The second-order valence-electron chi connectivity index (χ2n) is 5.29. The highest BCUT2D eigenvalue weighted by atomic mass is 16.3. The molecule has 1 saturated heterocycles. The first-order valence-electron chi connectivity index (χ1n) is 7.29. The molecule has 2 aromatic rings. The molecule has 3 heterocycles. The number of aliphatic hydroxyl groups is 1. The van der Waals surface area contributed by atoms with Crippen molar-refractivity contribution in [2.24, 2.45) is 0 Å². The second kappa shape index (κ2) is 6.10. The molecule has 1 N–H and O–H groups in total. The summed E-state index contributed by atoms with van der Waals surface area (Å²) in [7, 11) is 0. The zero-order valence-electron chi connectivity index (χ0n) is 12.2. The fraction of sp³-hybridized carbons (Fsp3) is 0.375. The lowest BCUT2D eigenvalue weighted by Crippen LogP contribution is -2.47. The van der Waals surface area contributed by atoms with Crippen LogP contribution in [0.1, 0.15) is 18.6 Å². The Labute approximate surface area is 124 Å². The van der Waals surface area contributed by atoms with E-state index in [0.717, 1.165) is 43.4 Å². The molecule has 1 atom stereocenters. The molecule has 0 aromatic carbocycles. The molecule has 110 valence electrons. The smallest absolute Gasteiger partial charge is 0.128 e. The molecule has 0 radical (unpaired) electrons. The summed E-state index contributed by atoms with van der Waals surface area (Å²) < 4.78 is 0. The summed E-state index contributed by atoms with van der Waals surface area (Å²) in [5.41, 5.74) is 0.853. The van der Waals surface area contributed by atoms with E-state index >= 15 is 0 Å². The van der Waals surface area contributed by atoms with Gasteiger partial charge in [0.2, 0.25) is 0 Å². The predicted octanol–water partition coefficient (Wildman–Crippen LogP) is 1.86. The molecule has 5 heteroatoms. The molecule has 0 spiro atoms. The van der Waals surface area contributed by atoms with E-state index in [-0.39, 0.29) is 0 Å². The van der Waals surface area contributed by atoms with E-state index in [4.69, 9.17) is 0 Å². The summed E-state index contributed by atoms with van der Waals surface area (Å²) in [6.07, 6.45) is 3.12. The number of anilines is 2. The molecule has 1 aliphatic heterocycles. The summed E-state index contributed by atoms with van der Waals surface area (Å²) in [6.45, 7) is 5.49. The molecule has 1 unspecified atom stereocenters. The van der Waals surface area contributed by atoms with Crippen LogP contribution in [0.15, 0.2) is 42.7 Å². The third-order valence-electron chi connectivity index (χ3n) is 3.83. The van der Waals surface area contributed by atoms with E-state index in [9.17, 15) is 5.11 Å². The normalized spacial score (nSPS) is 16.9. The van der Waals surface area contributed by atoms with Gasteiger partial charge in [-0.25, -0.2) is 9.97 Å². The third-order valence-corrected chi connectivity index (χ3v) is 3.83. The zero-order chi connectivity index (χ0) is 14.7. The maximum atomic E-state index is 9.52. The highest BCUT2D eigenvalue weighted by molar-refractivity contribution is 5.45. The molecule has 1 fully saturated rings. The molecule has 0 amide bonds. The highest BCUT2D eigenvalue weighted by Gasteiger charge is 2.18. The van der Waals surface area contributed by atoms with Crippen LogP contribution in [0.2, 0.25) is 0 Å². The van der Waals surface area contributed by atoms with Crippen molar-refractivity contribution in [1.29, 1.82) is 0 Å². The van der Waals surface area contributed by atoms with Crippen LogP contribution in [0.4, 0.5) is 11.6 Å². The van der Waals surface area contributed by atoms with Gasteiger partial charge in [-0.05, 0) is 30.7 Å². The Kier molecular flexibility index (Phi) is 4.01. The Balaban J connectivity index is 1.63. The quantitative estimate of drug-likeness (QED) is 0.932. The summed E-state index contributed by atoms with van der Waals surface area (Å²) in [5, 5.41) is 9.52. The Morgan fingerprint density at radius 2 is 1.62 bits per heavy atom. The third kappa shape index (κ3) is 3.13. The van der Waals surface area contributed by atoms with Crippen LogP contribution in [0.3, 0.4) is 0 Å². The van der Waals surface area contributed by atoms with Crippen LogP contribution in [0.25, 0.3) is 0 Å². The van der Waals surface area contributed by atoms with Crippen molar-refractivity contribution in [2.75, 3.05) is 36.0 Å². The topological polar surface area (TPSA) is 52.5 Å². The van der Waals surface area contributed by atoms with Gasteiger partial charge in [-0.3, -0.25) is 0 Å². The second-order valence-corrected chi connectivity index (χ2v) is 5.29. The molecular formula is C16H20N4O. The van der Waals surface area contributed by atoms with Gasteiger partial charge in [-0.2, -0.15) is 0 Å². The molecule has 0 aliphatic carbocycles. The number of piperazine rings is 1. The van der Waals surface area contributed by atoms with Crippen molar-refractivity contribution in [1.82, 2.24) is 9.97 Å². The van der Waals surface area contributed by atoms with E-state index < -0.39 is 6.10 Å². The molecule has 0 bridgehead atoms. The average molecular weight is 284 g/mol. The van der Waals surface area contributed by atoms with Crippen molar-refractivity contribution >= 4 is 11.6 Å². The molecule has 0 saturated carbocycles. The lowest BCUT2D eigenvalue weighted by atomic mass is 10.2. The molecule has 1 aliphatic rings. The van der Waals surface area contributed by atoms with Gasteiger partial charge in [0.1, 0.15) is 11.6 Å². The average Bonchev–Trinajstić information content (AvgIpc) is 2.56. The Bertz CT molecular complexity index is 563. The molecule has 5 nitrogen and oxygen atoms in total. The minimum Gasteiger partial charge on any atom is -0.389 e. The summed E-state index contributed by atoms with van der Waals surface area (Å²) >= 11 is 0. The van der Waals surface area contributed by atoms with Crippen molar-refractivity contribution < 1.29 is 5.11 Å². The van der Waals surface area contributed by atoms with Gasteiger partial charge in [0, 0.05) is 38.6 Å². The lowest BCUT2D eigenvalue weighted by molar-refractivity contribution is 0.199. The number of pyridine rings is 2. The number of hydrogen-bond acceptors (Lipinski definition) is 5. The van der Waals surface area contributed by atoms with Crippen LogP contribution >= 0.6 is 0 Å². The number of aliphatic hydroxyl groups excluding tert-OH is 1. The number of hydrogen-bond donors (Lipinski definition) is 1. The maximum absolute atomic E-state index is 9.52. The van der Waals surface area contributed by atoms with Crippen molar-refractivity contribution in [2.45, 2.75) is 13.0 Å². The fourth-order valence-corrected chi connectivity index (χ4v) is 2.54. The highest BCUT2D eigenvalue weighted by Crippen LogP contribution is 2.19. The Morgan fingerprint density at radius 1 is 0.952 bits per heavy atom. The monoisotopic (exact) mass is 284 g/mol. The molecule has 21 heavy (non-hydrogen) atoms. The van der Waals surface area contributed by atoms with E-state index in [1.807, 2.05) is 36.5 Å².